The maximum Gasteiger partial charge on any atom is 0.329 e. The van der Waals surface area contributed by atoms with E-state index in [0.29, 0.717) is 64.4 Å². The van der Waals surface area contributed by atoms with Crippen LogP contribution in [0, 0.1) is 41.9 Å². The smallest absolute Gasteiger partial charge is 0.329 e. The number of esters is 1. The van der Waals surface area contributed by atoms with Crippen molar-refractivity contribution in [3.63, 3.8) is 0 Å². The minimum atomic E-state index is -2.46. The number of carbonyl (C=O) groups excluding carboxylic acids is 4. The Morgan fingerprint density at radius 1 is 0.915 bits per heavy atom. The van der Waals surface area contributed by atoms with Crippen LogP contribution >= 0.6 is 0 Å². The van der Waals surface area contributed by atoms with Crippen LogP contribution in [0.25, 0.3) is 0 Å². The highest BCUT2D eigenvalue weighted by molar-refractivity contribution is 6.39. The average Bonchev–Trinajstić information content (AvgIpc) is 3.36. The van der Waals surface area contributed by atoms with E-state index in [0.717, 1.165) is 31.3 Å². The molecule has 1 amide bonds. The summed E-state index contributed by atoms with van der Waals surface area (Å²) in [7, 11) is 3.21. The Hall–Kier alpha value is -4.05. The molecule has 0 aromatic carbocycles. The molecule has 0 radical (unpaired) electrons. The van der Waals surface area contributed by atoms with Crippen molar-refractivity contribution in [1.29, 1.82) is 0 Å². The number of oxime groups is 1. The lowest BCUT2D eigenvalue weighted by Gasteiger charge is -2.42. The van der Waals surface area contributed by atoms with Crippen molar-refractivity contribution in [2.75, 3.05) is 27.4 Å². The maximum atomic E-state index is 14.5. The lowest BCUT2D eigenvalue weighted by Crippen LogP contribution is -2.61. The first-order valence-corrected chi connectivity index (χ1v) is 25.9. The van der Waals surface area contributed by atoms with Crippen LogP contribution in [0.4, 0.5) is 0 Å². The molecule has 15 atom stereocenters. The fourth-order valence-corrected chi connectivity index (χ4v) is 10.6. The summed E-state index contributed by atoms with van der Waals surface area (Å²) in [5, 5.41) is 48.5. The molecule has 2 bridgehead atoms. The van der Waals surface area contributed by atoms with E-state index in [2.05, 4.69) is 11.1 Å². The van der Waals surface area contributed by atoms with Gasteiger partial charge in [0.1, 0.15) is 24.4 Å². The van der Waals surface area contributed by atoms with Gasteiger partial charge >= 0.3 is 5.97 Å². The van der Waals surface area contributed by atoms with Crippen molar-refractivity contribution in [2.24, 2.45) is 40.5 Å². The van der Waals surface area contributed by atoms with E-state index in [1.807, 2.05) is 44.2 Å². The molecule has 16 heteroatoms. The molecular weight excluding hydrogens is 911 g/mol. The summed E-state index contributed by atoms with van der Waals surface area (Å²) in [6.45, 7) is 11.1. The number of cyclic esters (lactones) is 1. The van der Waals surface area contributed by atoms with E-state index in [-0.39, 0.29) is 54.7 Å². The lowest BCUT2D eigenvalue weighted by molar-refractivity contribution is -0.265. The summed E-state index contributed by atoms with van der Waals surface area (Å²) in [6.07, 6.45) is 18.2. The van der Waals surface area contributed by atoms with E-state index < -0.39 is 89.6 Å². The van der Waals surface area contributed by atoms with Gasteiger partial charge in [0.05, 0.1) is 30.1 Å². The Bertz CT molecular complexity index is 1960. The second-order valence-electron chi connectivity index (χ2n) is 20.7. The summed E-state index contributed by atoms with van der Waals surface area (Å²) in [6, 6.07) is -2.00. The summed E-state index contributed by atoms with van der Waals surface area (Å²) in [5.41, 5.74) is 8.27. The number of Topliss-reactive ketones (excluding diaryl/α,β-unsaturated/α-hetero) is 2. The second kappa shape index (κ2) is 29.0. The molecule has 2 saturated heterocycles. The second-order valence-corrected chi connectivity index (χ2v) is 20.7. The summed E-state index contributed by atoms with van der Waals surface area (Å²) in [5.74, 6) is -5.36. The van der Waals surface area contributed by atoms with Crippen molar-refractivity contribution < 1.29 is 63.4 Å². The van der Waals surface area contributed by atoms with E-state index in [9.17, 15) is 39.7 Å². The van der Waals surface area contributed by atoms with Crippen molar-refractivity contribution in [1.82, 2.24) is 4.90 Å². The van der Waals surface area contributed by atoms with Crippen LogP contribution in [0.1, 0.15) is 138 Å². The quantitative estimate of drug-likeness (QED) is 0.0307. The van der Waals surface area contributed by atoms with Crippen LogP contribution in [0.2, 0.25) is 0 Å². The zero-order valence-corrected chi connectivity index (χ0v) is 43.6. The number of fused-ring (bicyclic) bond motifs is 3. The summed E-state index contributed by atoms with van der Waals surface area (Å²) in [4.78, 5) is 57.8. The SMILES string of the molecule is C#CCCCCO[C@@H]1CC[C@@H](C[C@@H](N)[C@@H]2C/C(=N/O)[C@H](C)/C=C(\C)[C@@H](O)[C@@H](O)C(=O)[C@H](C)C[C@H](C)/C=C/C=C/C=C(\C)[C@@H](OC)C[C@@H]3CC[C@@H](C)[C@@](O)(O3)C(=O)C(=O)N3CCCC[C@H]3C(=O)O2)C[C@H]1OC. The predicted octanol–water partition coefficient (Wildman–Crippen LogP) is 6.31. The highest BCUT2D eigenvalue weighted by atomic mass is 16.6. The van der Waals surface area contributed by atoms with E-state index in [1.54, 1.807) is 48.0 Å². The number of nitrogens with two attached hydrogens (primary N) is 1. The Balaban J connectivity index is 1.68. The van der Waals surface area contributed by atoms with Gasteiger partial charge in [-0.1, -0.05) is 69.3 Å². The first-order chi connectivity index (χ1) is 33.8. The average molecular weight is 996 g/mol. The molecule has 398 valence electrons. The number of rotatable bonds is 10. The molecule has 3 heterocycles. The Morgan fingerprint density at radius 2 is 1.66 bits per heavy atom. The van der Waals surface area contributed by atoms with Gasteiger partial charge in [0.2, 0.25) is 5.79 Å². The third kappa shape index (κ3) is 16.7. The zero-order chi connectivity index (χ0) is 52.4. The number of aliphatic hydroxyl groups excluding tert-OH is 2. The van der Waals surface area contributed by atoms with Gasteiger partial charge in [0, 0.05) is 70.4 Å². The van der Waals surface area contributed by atoms with E-state index in [1.165, 1.54) is 4.90 Å². The summed E-state index contributed by atoms with van der Waals surface area (Å²) >= 11 is 0. The number of aliphatic hydroxyl groups is 3. The number of terminal acetylenes is 1. The predicted molar refractivity (Wildman–Crippen MR) is 270 cm³/mol. The lowest BCUT2D eigenvalue weighted by atomic mass is 9.80. The van der Waals surface area contributed by atoms with Gasteiger partial charge in [-0.2, -0.15) is 0 Å². The molecule has 3 fully saturated rings. The summed E-state index contributed by atoms with van der Waals surface area (Å²) < 4.78 is 30.4. The molecule has 6 N–H and O–H groups in total. The van der Waals surface area contributed by atoms with Gasteiger partial charge in [-0.25, -0.2) is 4.79 Å². The number of hydrogen-bond acceptors (Lipinski definition) is 15. The van der Waals surface area contributed by atoms with E-state index in [4.69, 9.17) is 35.8 Å². The minimum absolute atomic E-state index is 0.0394. The highest BCUT2D eigenvalue weighted by Crippen LogP contribution is 2.37. The van der Waals surface area contributed by atoms with Gasteiger partial charge in [-0.15, -0.1) is 12.3 Å². The molecule has 0 unspecified atom stereocenters. The molecule has 1 saturated carbocycles. The zero-order valence-electron chi connectivity index (χ0n) is 43.6. The molecule has 0 aromatic heterocycles. The van der Waals surface area contributed by atoms with Crippen molar-refractivity contribution in [2.45, 2.75) is 198 Å². The largest absolute Gasteiger partial charge is 0.459 e. The fourth-order valence-electron chi connectivity index (χ4n) is 10.6. The molecule has 3 aliphatic heterocycles. The Morgan fingerprint density at radius 3 is 2.35 bits per heavy atom. The number of hydrogen-bond donors (Lipinski definition) is 5. The number of ketones is 2. The molecular formula is C55H85N3O13. The first kappa shape index (κ1) is 59.5. The van der Waals surface area contributed by atoms with Crippen LogP contribution in [0.3, 0.4) is 0 Å². The number of methoxy groups -OCH3 is 2. The highest BCUT2D eigenvalue weighted by Gasteiger charge is 2.53. The normalized spacial score (nSPS) is 38.4. The monoisotopic (exact) mass is 996 g/mol. The topological polar surface area (TPSA) is 237 Å². The Labute approximate surface area is 422 Å². The van der Waals surface area contributed by atoms with Crippen LogP contribution in [0.5, 0.6) is 0 Å². The first-order valence-electron chi connectivity index (χ1n) is 25.9. The Kier molecular flexibility index (Phi) is 24.3. The van der Waals surface area contributed by atoms with Gasteiger partial charge in [-0.05, 0) is 114 Å². The number of carbonyl (C=O) groups is 4. The fraction of sp³-hybridized carbons (Fsp3) is 0.727. The van der Waals surface area contributed by atoms with Gasteiger partial charge in [0.15, 0.2) is 5.78 Å². The van der Waals surface area contributed by atoms with Crippen molar-refractivity contribution >= 4 is 29.2 Å². The van der Waals surface area contributed by atoms with E-state index >= 15 is 0 Å². The molecule has 0 spiro atoms. The third-order valence-corrected chi connectivity index (χ3v) is 15.2. The number of amides is 1. The van der Waals surface area contributed by atoms with Gasteiger partial charge in [-0.3, -0.25) is 14.4 Å². The molecule has 16 nitrogen and oxygen atoms in total. The van der Waals surface area contributed by atoms with Crippen LogP contribution < -0.4 is 5.73 Å². The molecule has 1 aliphatic carbocycles. The van der Waals surface area contributed by atoms with Crippen molar-refractivity contribution in [3.05, 3.63) is 47.6 Å². The van der Waals surface area contributed by atoms with Crippen LogP contribution in [-0.2, 0) is 42.9 Å². The molecule has 71 heavy (non-hydrogen) atoms. The van der Waals surface area contributed by atoms with Gasteiger partial charge < -0.3 is 54.8 Å². The van der Waals surface area contributed by atoms with Gasteiger partial charge in [0.25, 0.3) is 11.7 Å². The minimum Gasteiger partial charge on any atom is -0.459 e. The molecule has 4 rings (SSSR count). The number of piperidine rings is 1. The van der Waals surface area contributed by atoms with Crippen LogP contribution in [-0.4, -0.2) is 143 Å². The number of unbranched alkanes of at least 4 members (excludes halogenated alkanes) is 2. The van der Waals surface area contributed by atoms with Crippen LogP contribution in [0.15, 0.2) is 52.8 Å². The number of ether oxygens (including phenoxy) is 5. The van der Waals surface area contributed by atoms with Crippen molar-refractivity contribution in [3.8, 4) is 12.3 Å². The molecule has 0 aromatic rings. The number of nitrogens with zero attached hydrogens (tertiary/aromatic N) is 2. The third-order valence-electron chi connectivity index (χ3n) is 15.2. The maximum absolute atomic E-state index is 14.5. The standard InChI is InChI=1S/C55H85N3O13/c1-10-11-12-18-27-69-45-25-23-40(31-48(45)68-9)30-42(56)47-33-43(57-66)36(4)29-38(6)50(60)51(61)49(59)37(5)28-34(2)19-14-13-15-20-35(3)46(67-8)32-41-24-22-39(7)55(65,71-41)52(62)53(63)58-26-17-16-21-44(58)54(64)70-47/h1,13-15,19-20,29,34,36-37,39-42,44-48,50-51,60-61,65-66H,11-12,16-18,21-28,30-33,56H2,2-9H3/b15-13+,19-14+,35-20+,38-29+,57-43-/t34-,36-,37-,39-,40+,41+,42-,44+,45-,46+,47+,48-,50-,51+,55-/m1/s1. The molecule has 4 aliphatic rings. The number of allylic oxidation sites excluding steroid dienone is 6.